The third-order valence-corrected chi connectivity index (χ3v) is 4.39. The van der Waals surface area contributed by atoms with Crippen molar-refractivity contribution in [1.82, 2.24) is 4.90 Å². The van der Waals surface area contributed by atoms with E-state index in [1.54, 1.807) is 11.0 Å². The molecule has 0 bridgehead atoms. The molecule has 1 aromatic carbocycles. The summed E-state index contributed by atoms with van der Waals surface area (Å²) >= 11 is 1.52. The Kier molecular flexibility index (Phi) is 4.14. The van der Waals surface area contributed by atoms with Gasteiger partial charge >= 0.3 is 0 Å². The predicted octanol–water partition coefficient (Wildman–Crippen LogP) is 2.60. The SMILES string of the molecule is CCN(CC)C(=O)c1ccc2c(c1)NC(=O)[C@@H](C)S2. The fraction of sp³-hybridized carbons (Fsp3) is 0.429. The van der Waals surface area contributed by atoms with Gasteiger partial charge in [-0.3, -0.25) is 9.59 Å². The van der Waals surface area contributed by atoms with Gasteiger partial charge in [0, 0.05) is 23.5 Å². The molecule has 0 aromatic heterocycles. The van der Waals surface area contributed by atoms with E-state index in [9.17, 15) is 9.59 Å². The molecule has 0 saturated heterocycles. The van der Waals surface area contributed by atoms with Crippen molar-refractivity contribution in [2.24, 2.45) is 0 Å². The average molecular weight is 278 g/mol. The molecule has 1 aliphatic rings. The van der Waals surface area contributed by atoms with E-state index in [0.717, 1.165) is 10.6 Å². The second-order valence-electron chi connectivity index (χ2n) is 4.44. The Morgan fingerprint density at radius 1 is 1.37 bits per heavy atom. The number of carbonyl (C=O) groups excluding carboxylic acids is 2. The molecule has 1 atom stereocenters. The molecule has 19 heavy (non-hydrogen) atoms. The molecule has 0 aliphatic carbocycles. The van der Waals surface area contributed by atoms with Gasteiger partial charge in [-0.25, -0.2) is 0 Å². The quantitative estimate of drug-likeness (QED) is 0.924. The van der Waals surface area contributed by atoms with Crippen LogP contribution in [0.4, 0.5) is 5.69 Å². The van der Waals surface area contributed by atoms with Crippen molar-refractivity contribution < 1.29 is 9.59 Å². The molecule has 0 spiro atoms. The van der Waals surface area contributed by atoms with Crippen LogP contribution in [0.1, 0.15) is 31.1 Å². The van der Waals surface area contributed by atoms with E-state index in [-0.39, 0.29) is 17.1 Å². The molecule has 0 radical (unpaired) electrons. The number of fused-ring (bicyclic) bond motifs is 1. The highest BCUT2D eigenvalue weighted by atomic mass is 32.2. The first-order valence-corrected chi connectivity index (χ1v) is 7.35. The van der Waals surface area contributed by atoms with Crippen LogP contribution >= 0.6 is 11.8 Å². The number of carbonyl (C=O) groups is 2. The first kappa shape index (κ1) is 13.9. The highest BCUT2D eigenvalue weighted by molar-refractivity contribution is 8.00. The monoisotopic (exact) mass is 278 g/mol. The zero-order valence-corrected chi connectivity index (χ0v) is 12.2. The minimum Gasteiger partial charge on any atom is -0.339 e. The van der Waals surface area contributed by atoms with Crippen LogP contribution in [0.25, 0.3) is 0 Å². The summed E-state index contributed by atoms with van der Waals surface area (Å²) in [5.74, 6) is -0.00407. The Hall–Kier alpha value is -1.49. The molecule has 0 unspecified atom stereocenters. The van der Waals surface area contributed by atoms with Crippen molar-refractivity contribution in [3.63, 3.8) is 0 Å². The summed E-state index contributed by atoms with van der Waals surface area (Å²) in [7, 11) is 0. The van der Waals surface area contributed by atoms with E-state index < -0.39 is 0 Å². The number of benzene rings is 1. The van der Waals surface area contributed by atoms with E-state index >= 15 is 0 Å². The molecule has 1 aliphatic heterocycles. The standard InChI is InChI=1S/C14H18N2O2S/c1-4-16(5-2)14(18)10-6-7-12-11(8-10)15-13(17)9(3)19-12/h6-9H,4-5H2,1-3H3,(H,15,17)/t9-/m1/s1. The topological polar surface area (TPSA) is 49.4 Å². The van der Waals surface area contributed by atoms with Gasteiger partial charge in [0.1, 0.15) is 0 Å². The number of anilines is 1. The summed E-state index contributed by atoms with van der Waals surface area (Å²) in [6.45, 7) is 7.16. The Labute approximate surface area is 117 Å². The lowest BCUT2D eigenvalue weighted by molar-refractivity contribution is -0.115. The maximum atomic E-state index is 12.2. The largest absolute Gasteiger partial charge is 0.339 e. The normalized spacial score (nSPS) is 17.6. The van der Waals surface area contributed by atoms with Crippen LogP contribution in [-0.4, -0.2) is 35.1 Å². The van der Waals surface area contributed by atoms with E-state index in [4.69, 9.17) is 0 Å². The first-order valence-electron chi connectivity index (χ1n) is 6.47. The number of nitrogens with one attached hydrogen (secondary N) is 1. The lowest BCUT2D eigenvalue weighted by Crippen LogP contribution is -2.31. The van der Waals surface area contributed by atoms with Crippen LogP contribution in [0.2, 0.25) is 0 Å². The lowest BCUT2D eigenvalue weighted by Gasteiger charge is -2.23. The van der Waals surface area contributed by atoms with Gasteiger partial charge < -0.3 is 10.2 Å². The zero-order valence-electron chi connectivity index (χ0n) is 11.4. The minimum atomic E-state index is -0.0863. The molecule has 1 heterocycles. The molecular formula is C14H18N2O2S. The number of rotatable bonds is 3. The summed E-state index contributed by atoms with van der Waals surface area (Å²) in [5.41, 5.74) is 1.36. The molecule has 102 valence electrons. The minimum absolute atomic E-state index is 0.00525. The second-order valence-corrected chi connectivity index (χ2v) is 5.82. The Bertz CT molecular complexity index is 512. The molecular weight excluding hydrogens is 260 g/mol. The molecule has 0 saturated carbocycles. The lowest BCUT2D eigenvalue weighted by atomic mass is 10.1. The summed E-state index contributed by atoms with van der Waals surface area (Å²) < 4.78 is 0. The van der Waals surface area contributed by atoms with Crippen LogP contribution in [0, 0.1) is 0 Å². The van der Waals surface area contributed by atoms with Crippen LogP contribution in [0.5, 0.6) is 0 Å². The fourth-order valence-corrected chi connectivity index (χ4v) is 2.97. The summed E-state index contributed by atoms with van der Waals surface area (Å²) in [6.07, 6.45) is 0. The number of thioether (sulfide) groups is 1. The van der Waals surface area contributed by atoms with Gasteiger partial charge in [0.25, 0.3) is 5.91 Å². The van der Waals surface area contributed by atoms with Gasteiger partial charge in [0.2, 0.25) is 5.91 Å². The zero-order chi connectivity index (χ0) is 14.0. The van der Waals surface area contributed by atoms with Crippen LogP contribution in [0.15, 0.2) is 23.1 Å². The molecule has 5 heteroatoms. The summed E-state index contributed by atoms with van der Waals surface area (Å²) in [5, 5.41) is 2.76. The molecule has 1 N–H and O–H groups in total. The molecule has 2 rings (SSSR count). The molecule has 0 fully saturated rings. The van der Waals surface area contributed by atoms with Crippen molar-refractivity contribution in [2.45, 2.75) is 30.9 Å². The number of hydrogen-bond donors (Lipinski definition) is 1. The Morgan fingerprint density at radius 3 is 2.68 bits per heavy atom. The third kappa shape index (κ3) is 2.76. The van der Waals surface area contributed by atoms with Crippen LogP contribution in [0.3, 0.4) is 0 Å². The van der Waals surface area contributed by atoms with Gasteiger partial charge in [0.15, 0.2) is 0 Å². The fourth-order valence-electron chi connectivity index (χ4n) is 2.04. The first-order chi connectivity index (χ1) is 9.06. The molecule has 2 amide bonds. The average Bonchev–Trinajstić information content (AvgIpc) is 2.41. The van der Waals surface area contributed by atoms with Crippen molar-refractivity contribution in [1.29, 1.82) is 0 Å². The van der Waals surface area contributed by atoms with Gasteiger partial charge in [-0.1, -0.05) is 0 Å². The number of hydrogen-bond acceptors (Lipinski definition) is 3. The van der Waals surface area contributed by atoms with Crippen molar-refractivity contribution in [2.75, 3.05) is 18.4 Å². The van der Waals surface area contributed by atoms with E-state index in [1.807, 2.05) is 32.9 Å². The number of nitrogens with zero attached hydrogens (tertiary/aromatic N) is 1. The molecule has 1 aromatic rings. The highest BCUT2D eigenvalue weighted by Crippen LogP contribution is 2.36. The van der Waals surface area contributed by atoms with Gasteiger partial charge in [0.05, 0.1) is 10.9 Å². The van der Waals surface area contributed by atoms with Gasteiger partial charge in [-0.2, -0.15) is 0 Å². The van der Waals surface area contributed by atoms with Crippen LogP contribution in [-0.2, 0) is 4.79 Å². The smallest absolute Gasteiger partial charge is 0.253 e. The van der Waals surface area contributed by atoms with Crippen molar-refractivity contribution in [3.8, 4) is 0 Å². The third-order valence-electron chi connectivity index (χ3n) is 3.21. The van der Waals surface area contributed by atoms with Crippen molar-refractivity contribution >= 4 is 29.3 Å². The van der Waals surface area contributed by atoms with Crippen LogP contribution < -0.4 is 5.32 Å². The molecule has 4 nitrogen and oxygen atoms in total. The van der Waals surface area contributed by atoms with E-state index in [2.05, 4.69) is 5.32 Å². The summed E-state index contributed by atoms with van der Waals surface area (Å²) in [4.78, 5) is 26.7. The Balaban J connectivity index is 2.29. The Morgan fingerprint density at radius 2 is 2.05 bits per heavy atom. The predicted molar refractivity (Wildman–Crippen MR) is 77.6 cm³/mol. The maximum Gasteiger partial charge on any atom is 0.253 e. The van der Waals surface area contributed by atoms with Crippen molar-refractivity contribution in [3.05, 3.63) is 23.8 Å². The van der Waals surface area contributed by atoms with Gasteiger partial charge in [-0.05, 0) is 39.0 Å². The van der Waals surface area contributed by atoms with E-state index in [0.29, 0.717) is 18.7 Å². The van der Waals surface area contributed by atoms with Gasteiger partial charge in [-0.15, -0.1) is 11.8 Å². The second kappa shape index (κ2) is 5.65. The highest BCUT2D eigenvalue weighted by Gasteiger charge is 2.24. The summed E-state index contributed by atoms with van der Waals surface area (Å²) in [6, 6.07) is 5.51. The maximum absolute atomic E-state index is 12.2. The number of amides is 2. The van der Waals surface area contributed by atoms with E-state index in [1.165, 1.54) is 11.8 Å².